The van der Waals surface area contributed by atoms with E-state index in [0.29, 0.717) is 0 Å². The van der Waals surface area contributed by atoms with Gasteiger partial charge in [0.15, 0.2) is 25.2 Å². The molecular formula is C46H76N2Na2O38. The maximum atomic E-state index is 12.5. The van der Waals surface area contributed by atoms with Gasteiger partial charge in [-0.05, 0) is 0 Å². The molecule has 6 fully saturated rings. The molecule has 0 aromatic carbocycles. The summed E-state index contributed by atoms with van der Waals surface area (Å²) in [5.41, 5.74) is 0. The van der Waals surface area contributed by atoms with Crippen LogP contribution in [0.4, 0.5) is 0 Å². The summed E-state index contributed by atoms with van der Waals surface area (Å²) in [6.07, 6.45) is -55.9. The van der Waals surface area contributed by atoms with E-state index in [-0.39, 0.29) is 59.1 Å². The zero-order chi connectivity index (χ0) is 64.8. The molecule has 6 heterocycles. The number of aliphatic hydroxyl groups is 22. The van der Waals surface area contributed by atoms with E-state index < -0.39 is 272 Å². The standard InChI is InChI=1S/2C23H39NO19.2Na/c1-6(27)24-11-7(28)2-23(22(37)38,43-19(11)12(30)8(29)3-25)39-5-10-18(15(33)16(34)20(36)40-10)42-21-17(35)14(32)13(31)9(4-26)41-21;1-6(28)24-11-7(29)2-23(22(37)38,42-18(11)12(31)8(30)3-25)43-19-16(35)20(36)39-10(5-27)17(19)41-21-15(34)14(33)13(32)9(4-26)40-21;;/h7-21,25-26,28-36H,2-5H2,1H3,(H,24,27)(H,37,38);7-21,25-27,29-36H,2-5H2,1H3,(H,24,28)(H,37,38);;/q;;2*+1/p-2/t7-,8+,9+,10+,11+,12+,13-,14+,15+,16+,17+,18+,19+,20?,21-,23-;7-,8+,9+,10+,11+,12+,13-,14+,15+,16+,17+,18+,19+,20?,21-,23+;;/m00../s1. The van der Waals surface area contributed by atoms with Gasteiger partial charge in [-0.1, -0.05) is 0 Å². The third kappa shape index (κ3) is 18.3. The fourth-order valence-corrected chi connectivity index (χ4v) is 10.2. The van der Waals surface area contributed by atoms with Crippen molar-refractivity contribution < 1.29 is 248 Å². The van der Waals surface area contributed by atoms with E-state index >= 15 is 0 Å². The average Bonchev–Trinajstić information content (AvgIpc) is 1.81. The number of carbonyl (C=O) groups is 4. The van der Waals surface area contributed by atoms with E-state index in [9.17, 15) is 142 Å². The number of aliphatic hydroxyl groups excluding tert-OH is 22. The van der Waals surface area contributed by atoms with E-state index in [0.717, 1.165) is 13.8 Å². The predicted molar refractivity (Wildman–Crippen MR) is 255 cm³/mol. The zero-order valence-corrected chi connectivity index (χ0v) is 51.3. The van der Waals surface area contributed by atoms with Gasteiger partial charge >= 0.3 is 59.1 Å². The third-order valence-corrected chi connectivity index (χ3v) is 14.9. The van der Waals surface area contributed by atoms with Crippen molar-refractivity contribution >= 4 is 23.8 Å². The number of carbonyl (C=O) groups excluding carboxylic acids is 4. The normalized spacial score (nSPS) is 44.2. The Labute approximate surface area is 541 Å². The van der Waals surface area contributed by atoms with Crippen molar-refractivity contribution in [1.29, 1.82) is 0 Å². The van der Waals surface area contributed by atoms with E-state index in [1.807, 2.05) is 0 Å². The SMILES string of the molecule is CC(=O)N[C@H]1[C@H]([C@H](O)[C@H](O)CO)O[C@](OC[C@H]2OC(O)[C@H](O)[C@@H](O)[C@@H]2O[C@@H]2O[C@H](CO)[C@H](O)[C@@H](O)[C@H]2O)(C(=O)[O-])C[C@@H]1O.CC(=O)N[C@H]1[C@H]([C@H](O)[C@H](O)CO)O[C@](O[C@H]2[C@H](O[C@@H]3O[C@H](CO)[C@H](O)[C@@H](O)[C@H]3O)[C@@H](CO)OC(O)[C@@H]2O)(C(=O)[O-])C[C@@H]1O.[Na+].[Na+]. The van der Waals surface area contributed by atoms with Crippen LogP contribution < -0.4 is 80.0 Å². The van der Waals surface area contributed by atoms with Crippen molar-refractivity contribution in [2.24, 2.45) is 0 Å². The van der Waals surface area contributed by atoms with E-state index in [2.05, 4.69) is 10.6 Å². The Morgan fingerprint density at radius 2 is 0.875 bits per heavy atom. The topological polar surface area (TPSA) is 676 Å². The van der Waals surface area contributed by atoms with Crippen molar-refractivity contribution in [3.63, 3.8) is 0 Å². The van der Waals surface area contributed by atoms with Gasteiger partial charge in [0, 0.05) is 26.7 Å². The smallest absolute Gasteiger partial charge is 0.544 e. The summed E-state index contributed by atoms with van der Waals surface area (Å²) in [7, 11) is 0. The molecule has 88 heavy (non-hydrogen) atoms. The van der Waals surface area contributed by atoms with E-state index in [1.54, 1.807) is 0 Å². The van der Waals surface area contributed by atoms with E-state index in [1.165, 1.54) is 0 Å². The van der Waals surface area contributed by atoms with Crippen molar-refractivity contribution in [3.05, 3.63) is 0 Å². The Bertz CT molecular complexity index is 2190. The maximum absolute atomic E-state index is 12.5. The molecule has 6 rings (SSSR count). The van der Waals surface area contributed by atoms with Crippen LogP contribution in [-0.4, -0.2) is 371 Å². The van der Waals surface area contributed by atoms with Crippen LogP contribution in [0.3, 0.4) is 0 Å². The number of nitrogens with one attached hydrogen (secondary N) is 2. The summed E-state index contributed by atoms with van der Waals surface area (Å²) >= 11 is 0. The van der Waals surface area contributed by atoms with Gasteiger partial charge in [0.2, 0.25) is 23.4 Å². The Kier molecular flexibility index (Phi) is 32.0. The number of hydrogen-bond acceptors (Lipinski definition) is 38. The molecule has 2 unspecified atom stereocenters. The summed E-state index contributed by atoms with van der Waals surface area (Å²) in [4.78, 5) is 48.2. The fourth-order valence-electron chi connectivity index (χ4n) is 10.2. The first-order valence-electron chi connectivity index (χ1n) is 26.4. The third-order valence-electron chi connectivity index (χ3n) is 14.9. The molecule has 0 aromatic rings. The molecule has 6 saturated heterocycles. The fraction of sp³-hybridized carbons (Fsp3) is 0.913. The number of hydrogen-bond donors (Lipinski definition) is 24. The molecule has 32 atom stereocenters. The molecule has 6 aliphatic rings. The van der Waals surface area contributed by atoms with Crippen LogP contribution in [0.5, 0.6) is 0 Å². The van der Waals surface area contributed by atoms with Gasteiger partial charge in [-0.25, -0.2) is 0 Å². The minimum absolute atomic E-state index is 0. The largest absolute Gasteiger partial charge is 1.00 e. The number of carboxylic acids is 2. The predicted octanol–water partition coefficient (Wildman–Crippen LogP) is -25.1. The minimum atomic E-state index is -3.16. The van der Waals surface area contributed by atoms with Crippen molar-refractivity contribution in [1.82, 2.24) is 10.6 Å². The zero-order valence-electron chi connectivity index (χ0n) is 47.3. The summed E-state index contributed by atoms with van der Waals surface area (Å²) < 4.78 is 53.7. The molecule has 0 bridgehead atoms. The number of ether oxygens (including phenoxy) is 10. The van der Waals surface area contributed by atoms with Gasteiger partial charge in [0.1, 0.15) is 146 Å². The second-order valence-corrected chi connectivity index (χ2v) is 21.0. The van der Waals surface area contributed by atoms with Crippen molar-refractivity contribution in [3.8, 4) is 0 Å². The Morgan fingerprint density at radius 3 is 1.27 bits per heavy atom. The molecule has 0 aliphatic carbocycles. The molecule has 40 nitrogen and oxygen atoms in total. The van der Waals surface area contributed by atoms with Gasteiger partial charge in [-0.15, -0.1) is 0 Å². The molecule has 0 spiro atoms. The number of rotatable bonds is 22. The van der Waals surface area contributed by atoms with Crippen molar-refractivity contribution in [2.75, 3.05) is 39.6 Å². The Hall–Kier alpha value is -1.40. The van der Waals surface area contributed by atoms with Crippen molar-refractivity contribution in [2.45, 2.75) is 222 Å². The molecule has 500 valence electrons. The Morgan fingerprint density at radius 1 is 0.489 bits per heavy atom. The first kappa shape index (κ1) is 80.8. The molecule has 0 aromatic heterocycles. The monoisotopic (exact) mass is 1310 g/mol. The van der Waals surface area contributed by atoms with E-state index in [4.69, 9.17) is 47.4 Å². The van der Waals surface area contributed by atoms with Gasteiger partial charge in [-0.2, -0.15) is 0 Å². The molecule has 0 radical (unpaired) electrons. The van der Waals surface area contributed by atoms with Gasteiger partial charge in [0.05, 0.1) is 63.9 Å². The first-order valence-corrected chi connectivity index (χ1v) is 26.4. The molecular weight excluding hydrogens is 1230 g/mol. The molecule has 6 aliphatic heterocycles. The van der Waals surface area contributed by atoms with Gasteiger partial charge < -0.3 is 190 Å². The van der Waals surface area contributed by atoms with Gasteiger partial charge in [0.25, 0.3) is 0 Å². The Balaban J connectivity index is 0.000000450. The van der Waals surface area contributed by atoms with Crippen LogP contribution in [0.1, 0.15) is 26.7 Å². The second kappa shape index (κ2) is 34.8. The molecule has 24 N–H and O–H groups in total. The van der Waals surface area contributed by atoms with Crippen LogP contribution >= 0.6 is 0 Å². The summed E-state index contributed by atoms with van der Waals surface area (Å²) in [5, 5.41) is 252. The summed E-state index contributed by atoms with van der Waals surface area (Å²) in [6.45, 7) is -3.76. The quantitative estimate of drug-likeness (QED) is 0.0448. The summed E-state index contributed by atoms with van der Waals surface area (Å²) in [5.74, 6) is -12.0. The molecule has 2 amide bonds. The minimum Gasteiger partial charge on any atom is -0.544 e. The first-order chi connectivity index (χ1) is 40.2. The number of aliphatic carboxylic acids is 2. The molecule has 42 heteroatoms. The van der Waals surface area contributed by atoms with Crippen LogP contribution in [-0.2, 0) is 66.5 Å². The second-order valence-electron chi connectivity index (χ2n) is 21.0. The average molecular weight is 1310 g/mol. The van der Waals surface area contributed by atoms with Crippen LogP contribution in [0.15, 0.2) is 0 Å². The summed E-state index contributed by atoms with van der Waals surface area (Å²) in [6, 6.07) is -3.10. The van der Waals surface area contributed by atoms with Crippen LogP contribution in [0, 0.1) is 0 Å². The van der Waals surface area contributed by atoms with Crippen LogP contribution in [0.25, 0.3) is 0 Å². The van der Waals surface area contributed by atoms with Gasteiger partial charge in [-0.3, -0.25) is 9.59 Å². The number of amides is 2. The molecule has 0 saturated carbocycles. The maximum Gasteiger partial charge on any atom is 1.00 e. The number of carboxylic acid groups (broad SMARTS) is 2. The van der Waals surface area contributed by atoms with Crippen LogP contribution in [0.2, 0.25) is 0 Å².